The van der Waals surface area contributed by atoms with Crippen LogP contribution in [0.15, 0.2) is 0 Å². The van der Waals surface area contributed by atoms with Gasteiger partial charge in [0.2, 0.25) is 0 Å². The van der Waals surface area contributed by atoms with Gasteiger partial charge in [-0.25, -0.2) is 0 Å². The van der Waals surface area contributed by atoms with Gasteiger partial charge < -0.3 is 28.5 Å². The summed E-state index contributed by atoms with van der Waals surface area (Å²) in [6.07, 6.45) is 0. The van der Waals surface area contributed by atoms with E-state index in [-0.39, 0.29) is 0 Å². The molecule has 34 heavy (non-hydrogen) atoms. The second-order valence-corrected chi connectivity index (χ2v) is 9.26. The highest BCUT2D eigenvalue weighted by molar-refractivity contribution is 9.19. The number of hydrogen-bond acceptors (Lipinski definition) is 5. The van der Waals surface area contributed by atoms with Crippen molar-refractivity contribution in [2.75, 3.05) is 80.0 Å². The van der Waals surface area contributed by atoms with Crippen molar-refractivity contribution in [2.24, 2.45) is 0 Å². The minimum atomic E-state index is -2.92. The van der Waals surface area contributed by atoms with Crippen molar-refractivity contribution in [3.63, 3.8) is 0 Å². The summed E-state index contributed by atoms with van der Waals surface area (Å²) in [5.74, 6) is 0. The third-order valence-electron chi connectivity index (χ3n) is 7.03. The zero-order chi connectivity index (χ0) is 28.6. The summed E-state index contributed by atoms with van der Waals surface area (Å²) >= 11 is 2.08. The monoisotopic (exact) mass is 561 g/mol. The first-order valence-electron chi connectivity index (χ1n) is 12.3. The molecule has 0 aliphatic carbocycles. The van der Waals surface area contributed by atoms with Gasteiger partial charge in [-0.3, -0.25) is 16.9 Å². The Balaban J connectivity index is -0.000000105. The van der Waals surface area contributed by atoms with Crippen molar-refractivity contribution in [1.29, 1.82) is 0 Å². The molecular formula is C23H54BBrFN3O5. The van der Waals surface area contributed by atoms with Crippen LogP contribution in [0.5, 0.6) is 0 Å². The van der Waals surface area contributed by atoms with Gasteiger partial charge in [0.15, 0.2) is 0 Å². The van der Waals surface area contributed by atoms with E-state index in [1.54, 1.807) is 0 Å². The van der Waals surface area contributed by atoms with Crippen LogP contribution in [0.2, 0.25) is 0 Å². The Kier molecular flexibility index (Phi) is 32.9. The van der Waals surface area contributed by atoms with Crippen LogP contribution in [-0.4, -0.2) is 112 Å². The molecular weight excluding hydrogens is 508 g/mol. The van der Waals surface area contributed by atoms with Crippen LogP contribution in [0.3, 0.4) is 0 Å². The predicted molar refractivity (Wildman–Crippen MR) is 139 cm³/mol. The Labute approximate surface area is 218 Å². The number of rotatable bonds is 10. The van der Waals surface area contributed by atoms with Crippen LogP contribution >= 0.6 is 15.9 Å². The summed E-state index contributed by atoms with van der Waals surface area (Å²) in [5, 5.41) is 25.2. The maximum absolute atomic E-state index is 10.8. The molecule has 0 bridgehead atoms. The Morgan fingerprint density at radius 2 is 0.676 bits per heavy atom. The second-order valence-electron chi connectivity index (χ2n) is 8.54. The normalized spacial score (nSPS) is 10.6. The van der Waals surface area contributed by atoms with Crippen LogP contribution < -0.4 is 15.1 Å². The minimum Gasteiger partial charge on any atom is -0.907 e. The smallest absolute Gasteiger partial charge is 0.379 e. The molecule has 0 atom stereocenters. The van der Waals surface area contributed by atoms with Gasteiger partial charge in [-0.1, -0.05) is 0 Å². The molecule has 0 unspecified atom stereocenters. The average Bonchev–Trinajstić information content (AvgIpc) is 2.83. The molecule has 0 radical (unpaired) electrons. The summed E-state index contributed by atoms with van der Waals surface area (Å²) < 4.78 is 13.2. The van der Waals surface area contributed by atoms with Crippen LogP contribution in [0.25, 0.3) is 0 Å². The first kappa shape index (κ1) is 43.6. The van der Waals surface area contributed by atoms with E-state index in [4.69, 9.17) is 19.9 Å². The van der Waals surface area contributed by atoms with E-state index >= 15 is 0 Å². The fourth-order valence-corrected chi connectivity index (χ4v) is 2.01. The third-order valence-corrected chi connectivity index (χ3v) is 7.34. The predicted octanol–water partition coefficient (Wildman–Crippen LogP) is 0.934. The zero-order valence-corrected chi connectivity index (χ0v) is 25.7. The van der Waals surface area contributed by atoms with Gasteiger partial charge in [0.1, 0.15) is 0 Å². The molecule has 0 amide bonds. The first-order chi connectivity index (χ1) is 15.4. The maximum Gasteiger partial charge on any atom is 0.379 e. The van der Waals surface area contributed by atoms with Crippen molar-refractivity contribution in [3.8, 4) is 0 Å². The van der Waals surface area contributed by atoms with Crippen LogP contribution in [0.4, 0.5) is 4.39 Å². The van der Waals surface area contributed by atoms with E-state index in [9.17, 15) is 9.18 Å². The molecule has 0 N–H and O–H groups in total. The molecule has 0 saturated carbocycles. The minimum absolute atomic E-state index is 1.21. The van der Waals surface area contributed by atoms with Gasteiger partial charge in [0.25, 0.3) is 4.69 Å². The summed E-state index contributed by atoms with van der Waals surface area (Å²) in [6.45, 7) is 31.5. The number of nitrogens with zero attached hydrogens (tertiary/aromatic N) is 3. The van der Waals surface area contributed by atoms with E-state index in [0.717, 1.165) is 0 Å². The number of halogens is 2. The Bertz CT molecular complexity index is 395. The van der Waals surface area contributed by atoms with Gasteiger partial charge in [-0.2, -0.15) is 4.39 Å². The van der Waals surface area contributed by atoms with Crippen LogP contribution in [0, 0.1) is 0 Å². The van der Waals surface area contributed by atoms with Crippen LogP contribution in [0.1, 0.15) is 62.3 Å². The quantitative estimate of drug-likeness (QED) is 0.171. The molecule has 0 aromatic carbocycles. The molecule has 0 saturated heterocycles. The molecule has 0 spiro atoms. The number of carbonyl (C=O) groups is 2. The molecule has 0 aliphatic heterocycles. The number of carbonyl (C=O) groups excluding carboxylic acids is 2. The lowest BCUT2D eigenvalue weighted by molar-refractivity contribution is -0.904. The average molecular weight is 562 g/mol. The second kappa shape index (κ2) is 25.7. The van der Waals surface area contributed by atoms with Gasteiger partial charge in [0.05, 0.1) is 80.0 Å². The van der Waals surface area contributed by atoms with E-state index in [1.165, 1.54) is 72.4 Å². The highest BCUT2D eigenvalue weighted by Crippen LogP contribution is 1.99. The molecule has 0 aliphatic rings. The van der Waals surface area contributed by atoms with Gasteiger partial charge in [-0.05, 0) is 62.3 Å². The van der Waals surface area contributed by atoms with Crippen molar-refractivity contribution >= 4 is 34.0 Å². The highest BCUT2D eigenvalue weighted by Gasteiger charge is 2.12. The largest absolute Gasteiger partial charge is 0.907 e. The van der Waals surface area contributed by atoms with Gasteiger partial charge in [-0.15, -0.1) is 0 Å². The lowest BCUT2D eigenvalue weighted by Crippen LogP contribution is -2.56. The van der Waals surface area contributed by atoms with E-state index in [2.05, 4.69) is 99.4 Å². The lowest BCUT2D eigenvalue weighted by Gasteiger charge is -2.35. The summed E-state index contributed by atoms with van der Waals surface area (Å²) in [6, 6.07) is -1.96. The zero-order valence-electron chi connectivity index (χ0n) is 24.1. The Morgan fingerprint density at radius 1 is 0.588 bits per heavy atom. The highest BCUT2D eigenvalue weighted by atomic mass is 79.9. The number of hydrogen-bond donors (Lipinski definition) is 0. The standard InChI is InChI=1S/3C7H18N.C2BrFO2.BO3/c3*1-5-8(4,6-2)7-3;3-1(5)2(4)6;2-1(3)4/h3*5-7H2,1-4H3;;/q3*+1;;-3. The third kappa shape index (κ3) is 31.6. The van der Waals surface area contributed by atoms with E-state index in [1.807, 2.05) is 0 Å². The molecule has 0 heterocycles. The Hall–Kier alpha value is -0.425. The fourth-order valence-electron chi connectivity index (χ4n) is 2.01. The summed E-state index contributed by atoms with van der Waals surface area (Å²) in [4.78, 5) is 18.4. The lowest BCUT2D eigenvalue weighted by atomic mass is 10.3. The molecule has 11 heteroatoms. The molecule has 0 rings (SSSR count). The van der Waals surface area contributed by atoms with Gasteiger partial charge >= 0.3 is 6.04 Å². The fraction of sp³-hybridized carbons (Fsp3) is 0.913. The van der Waals surface area contributed by atoms with Crippen LogP contribution in [-0.2, 0) is 9.59 Å². The Morgan fingerprint density at radius 3 is 0.676 bits per heavy atom. The molecule has 0 aromatic heterocycles. The molecule has 208 valence electrons. The SMILES string of the molecule is CC[N+](C)(CC)CC.CC[N+](C)(CC)CC.CC[N+](C)(CC)CC.O=C(F)C(=O)Br.[O-]B([O-])[O-]. The van der Waals surface area contributed by atoms with Crippen molar-refractivity contribution in [3.05, 3.63) is 0 Å². The summed E-state index contributed by atoms with van der Waals surface area (Å²) in [7, 11) is 3.96. The van der Waals surface area contributed by atoms with Gasteiger partial charge in [0, 0.05) is 15.9 Å². The maximum atomic E-state index is 10.8. The summed E-state index contributed by atoms with van der Waals surface area (Å²) in [5.41, 5.74) is 0. The molecule has 0 fully saturated rings. The number of quaternary nitrogens is 3. The molecule has 8 nitrogen and oxygen atoms in total. The van der Waals surface area contributed by atoms with Crippen molar-refractivity contribution in [1.82, 2.24) is 0 Å². The molecule has 0 aromatic rings. The van der Waals surface area contributed by atoms with E-state index in [0.29, 0.717) is 0 Å². The van der Waals surface area contributed by atoms with E-state index < -0.39 is 18.1 Å². The first-order valence-corrected chi connectivity index (χ1v) is 13.1. The topological polar surface area (TPSA) is 103 Å². The van der Waals surface area contributed by atoms with Crippen molar-refractivity contribution in [2.45, 2.75) is 62.3 Å². The van der Waals surface area contributed by atoms with Crippen molar-refractivity contribution < 1.29 is 42.5 Å².